The molecule has 0 radical (unpaired) electrons. The number of amides is 2. The second-order valence-corrected chi connectivity index (χ2v) is 8.50. The molecule has 2 heterocycles. The molecule has 164 valence electrons. The zero-order valence-corrected chi connectivity index (χ0v) is 17.3. The Labute approximate surface area is 181 Å². The fraction of sp³-hybridized carbons (Fsp3) is 0.150. The third kappa shape index (κ3) is 3.57. The molecular weight excluding hydrogens is 444 g/mol. The number of anilines is 1. The number of urea groups is 1. The van der Waals surface area contributed by atoms with Gasteiger partial charge in [0, 0.05) is 29.3 Å². The monoisotopic (exact) mass is 459 g/mol. The minimum Gasteiger partial charge on any atom is -0.508 e. The van der Waals surface area contributed by atoms with Crippen LogP contribution in [0.3, 0.4) is 0 Å². The van der Waals surface area contributed by atoms with E-state index in [1.54, 1.807) is 0 Å². The first-order valence-corrected chi connectivity index (χ1v) is 10.6. The number of ether oxygens (including phenoxy) is 1. The average Bonchev–Trinajstić information content (AvgIpc) is 2.75. The Morgan fingerprint density at radius 3 is 2.56 bits per heavy atom. The zero-order valence-electron chi connectivity index (χ0n) is 16.5. The van der Waals surface area contributed by atoms with Crippen LogP contribution < -0.4 is 20.1 Å². The Morgan fingerprint density at radius 1 is 1.28 bits per heavy atom. The maximum atomic E-state index is 14.6. The predicted molar refractivity (Wildman–Crippen MR) is 111 cm³/mol. The van der Waals surface area contributed by atoms with E-state index < -0.39 is 44.7 Å². The lowest BCUT2D eigenvalue weighted by molar-refractivity contribution is 0.244. The molecule has 2 amide bonds. The topological polar surface area (TPSA) is 119 Å². The molecule has 1 aliphatic heterocycles. The molecule has 9 nitrogen and oxygen atoms in total. The number of benzene rings is 2. The molecule has 32 heavy (non-hydrogen) atoms. The molecule has 0 bridgehead atoms. The van der Waals surface area contributed by atoms with Crippen molar-refractivity contribution >= 4 is 38.3 Å². The fourth-order valence-corrected chi connectivity index (χ4v) is 4.04. The number of aromatic nitrogens is 1. The first kappa shape index (κ1) is 21.4. The summed E-state index contributed by atoms with van der Waals surface area (Å²) < 4.78 is 57.4. The number of hydrogen-bond donors (Lipinski definition) is 2. The minimum atomic E-state index is -4.32. The van der Waals surface area contributed by atoms with Gasteiger partial charge >= 0.3 is 6.03 Å². The van der Waals surface area contributed by atoms with Gasteiger partial charge < -0.3 is 10.1 Å². The van der Waals surface area contributed by atoms with E-state index in [1.807, 2.05) is 0 Å². The summed E-state index contributed by atoms with van der Waals surface area (Å²) in [6, 6.07) is 3.61. The quantitative estimate of drug-likeness (QED) is 0.582. The van der Waals surface area contributed by atoms with Gasteiger partial charge in [-0.15, -0.1) is 0 Å². The van der Waals surface area contributed by atoms with Crippen molar-refractivity contribution in [1.82, 2.24) is 10.3 Å². The number of nitrogens with two attached hydrogens (primary N) is 1. The minimum absolute atomic E-state index is 0.127. The number of sulfonamides is 1. The number of carbonyl (C=O) groups excluding carboxylic acids is 1. The molecule has 0 aliphatic carbocycles. The van der Waals surface area contributed by atoms with Crippen LogP contribution in [0.1, 0.15) is 11.1 Å². The van der Waals surface area contributed by atoms with E-state index in [2.05, 4.69) is 15.1 Å². The number of methoxy groups -OCH3 is 1. The molecule has 0 atom stereocenters. The van der Waals surface area contributed by atoms with Crippen LogP contribution in [0.4, 0.5) is 25.0 Å². The first-order chi connectivity index (χ1) is 15.1. The van der Waals surface area contributed by atoms with Crippen LogP contribution >= 0.6 is 0 Å². The van der Waals surface area contributed by atoms with E-state index in [0.29, 0.717) is 40.0 Å². The Hall–Kier alpha value is -3.82. The summed E-state index contributed by atoms with van der Waals surface area (Å²) in [5, 5.41) is 7.97. The molecule has 4 rings (SSSR count). The summed E-state index contributed by atoms with van der Waals surface area (Å²) in [5.41, 5.74) is 0.972. The van der Waals surface area contributed by atoms with Gasteiger partial charge in [0.1, 0.15) is 17.4 Å². The smallest absolute Gasteiger partial charge is 0.322 e. The standard InChI is InChI=1S/C20H15F2N5O4S/c1-24-17-5-12-16(6-18(17)31-2)25-7-10-8-26-20(28)27(19(10)12)9-13-14(21)3-11(4-15(13)22)32(23,29)30/h3-7H,8-9H2,2H3,(H,26,28)(H2,23,29,30). The summed E-state index contributed by atoms with van der Waals surface area (Å²) in [6.45, 7) is 6.96. The molecule has 1 aromatic heterocycles. The first-order valence-electron chi connectivity index (χ1n) is 9.07. The summed E-state index contributed by atoms with van der Waals surface area (Å²) >= 11 is 0. The lowest BCUT2D eigenvalue weighted by atomic mass is 10.0. The Bertz CT molecular complexity index is 1410. The number of rotatable bonds is 4. The van der Waals surface area contributed by atoms with Crippen molar-refractivity contribution in [2.45, 2.75) is 18.0 Å². The summed E-state index contributed by atoms with van der Waals surface area (Å²) in [7, 11) is -2.91. The highest BCUT2D eigenvalue weighted by Gasteiger charge is 2.29. The van der Waals surface area contributed by atoms with Crippen molar-refractivity contribution in [3.8, 4) is 5.75 Å². The maximum Gasteiger partial charge on any atom is 0.322 e. The molecule has 1 aliphatic rings. The number of nitrogens with zero attached hydrogens (tertiary/aromatic N) is 3. The Morgan fingerprint density at radius 2 is 1.97 bits per heavy atom. The van der Waals surface area contributed by atoms with E-state index in [4.69, 9.17) is 16.4 Å². The van der Waals surface area contributed by atoms with Gasteiger partial charge in [0.15, 0.2) is 0 Å². The number of fused-ring (bicyclic) bond motifs is 3. The van der Waals surface area contributed by atoms with Gasteiger partial charge in [0.2, 0.25) is 15.7 Å². The number of carbonyl (C=O) groups is 1. The fourth-order valence-electron chi connectivity index (χ4n) is 3.51. The summed E-state index contributed by atoms with van der Waals surface area (Å²) in [6.07, 6.45) is 1.51. The number of hydrogen-bond acceptors (Lipinski definition) is 5. The van der Waals surface area contributed by atoms with E-state index in [0.717, 1.165) is 4.90 Å². The highest BCUT2D eigenvalue weighted by atomic mass is 32.2. The molecule has 0 spiro atoms. The lowest BCUT2D eigenvalue weighted by Gasteiger charge is -2.31. The molecule has 3 N–H and O–H groups in total. The van der Waals surface area contributed by atoms with Gasteiger partial charge in [0.25, 0.3) is 0 Å². The van der Waals surface area contributed by atoms with Crippen molar-refractivity contribution in [2.75, 3.05) is 12.0 Å². The number of nitrogens with one attached hydrogen (secondary N) is 1. The van der Waals surface area contributed by atoms with Crippen LogP contribution in [0, 0.1) is 18.2 Å². The van der Waals surface area contributed by atoms with Gasteiger partial charge in [0.05, 0.1) is 36.3 Å². The Balaban J connectivity index is 1.89. The lowest BCUT2D eigenvalue weighted by Crippen LogP contribution is -2.44. The van der Waals surface area contributed by atoms with E-state index in [1.165, 1.54) is 25.4 Å². The summed E-state index contributed by atoms with van der Waals surface area (Å²) in [5.74, 6) is -2.05. The normalized spacial score (nSPS) is 13.5. The van der Waals surface area contributed by atoms with Crippen LogP contribution in [0.25, 0.3) is 15.7 Å². The van der Waals surface area contributed by atoms with Crippen molar-refractivity contribution in [3.63, 3.8) is 0 Å². The third-order valence-corrected chi connectivity index (χ3v) is 5.93. The maximum absolute atomic E-state index is 14.6. The highest BCUT2D eigenvalue weighted by Crippen LogP contribution is 2.39. The van der Waals surface area contributed by atoms with Crippen molar-refractivity contribution < 1.29 is 26.7 Å². The Kier molecular flexibility index (Phi) is 5.15. The summed E-state index contributed by atoms with van der Waals surface area (Å²) in [4.78, 5) is 20.8. The van der Waals surface area contributed by atoms with Crippen molar-refractivity contribution in [1.29, 1.82) is 0 Å². The number of halogens is 2. The van der Waals surface area contributed by atoms with Crippen LogP contribution in [0.15, 0.2) is 35.4 Å². The second kappa shape index (κ2) is 7.70. The van der Waals surface area contributed by atoms with E-state index in [-0.39, 0.29) is 12.2 Å². The molecule has 0 fully saturated rings. The van der Waals surface area contributed by atoms with Crippen molar-refractivity contribution in [3.05, 3.63) is 64.6 Å². The van der Waals surface area contributed by atoms with Gasteiger partial charge in [-0.05, 0) is 24.3 Å². The molecule has 0 unspecified atom stereocenters. The van der Waals surface area contributed by atoms with Gasteiger partial charge in [-0.1, -0.05) is 0 Å². The van der Waals surface area contributed by atoms with Gasteiger partial charge in [-0.3, -0.25) is 9.88 Å². The molecule has 2 aromatic carbocycles. The molecular formula is C20H15F2N5O4S. The number of pyridine rings is 1. The van der Waals surface area contributed by atoms with Crippen LogP contribution in [0.5, 0.6) is 5.75 Å². The van der Waals surface area contributed by atoms with Crippen LogP contribution in [-0.4, -0.2) is 26.5 Å². The average molecular weight is 459 g/mol. The second-order valence-electron chi connectivity index (χ2n) is 6.94. The number of primary sulfonamides is 1. The van der Waals surface area contributed by atoms with E-state index in [9.17, 15) is 22.0 Å². The van der Waals surface area contributed by atoms with Crippen LogP contribution in [-0.2, 0) is 23.1 Å². The van der Waals surface area contributed by atoms with E-state index >= 15 is 0 Å². The molecule has 3 aromatic rings. The SMILES string of the molecule is [C-]#[N+]c1cc2c3c(cnc2cc1OC)CNC(=O)N3Cc1c(F)cc(S(N)(=O)=O)cc1F. The van der Waals surface area contributed by atoms with Gasteiger partial charge in [-0.2, -0.15) is 0 Å². The zero-order chi connectivity index (χ0) is 23.2. The van der Waals surface area contributed by atoms with Crippen LogP contribution in [0.2, 0.25) is 0 Å². The largest absolute Gasteiger partial charge is 0.508 e. The highest BCUT2D eigenvalue weighted by molar-refractivity contribution is 7.89. The molecule has 12 heteroatoms. The third-order valence-electron chi connectivity index (χ3n) is 5.04. The van der Waals surface area contributed by atoms with Crippen molar-refractivity contribution in [2.24, 2.45) is 5.14 Å². The van der Waals surface area contributed by atoms with Gasteiger partial charge in [-0.25, -0.2) is 32.0 Å². The molecule has 0 saturated heterocycles. The molecule has 0 saturated carbocycles. The predicted octanol–water partition coefficient (Wildman–Crippen LogP) is 2.95.